The van der Waals surface area contributed by atoms with Crippen LogP contribution < -0.4 is 0 Å². The molecule has 0 amide bonds. The predicted molar refractivity (Wildman–Crippen MR) is 262 cm³/mol. The van der Waals surface area contributed by atoms with Crippen molar-refractivity contribution in [3.8, 4) is 0 Å². The van der Waals surface area contributed by atoms with Crippen LogP contribution in [0.15, 0.2) is 277 Å². The van der Waals surface area contributed by atoms with Crippen molar-refractivity contribution < 1.29 is 0 Å². The standard InChI is InChI=1S/C54H36S6/c1-7-19-37(20-8-1)55-49-31-43-44(32-50(49)56-38-21-9-2-10-22-38)46-34-52(58-40-25-13-4-14-26-40)54(60-42-29-17-6-18-30-42)36-48(46)47-35-53(59-41-27-15-5-16-28-41)51(33-45(43)47)57-39-23-11-3-12-24-39/h1-36H. The highest BCUT2D eigenvalue weighted by Crippen LogP contribution is 2.50. The van der Waals surface area contributed by atoms with E-state index in [-0.39, 0.29) is 0 Å². The summed E-state index contributed by atoms with van der Waals surface area (Å²) >= 11 is 11.1. The third kappa shape index (κ3) is 8.91. The van der Waals surface area contributed by atoms with E-state index in [1.54, 1.807) is 0 Å². The zero-order valence-electron chi connectivity index (χ0n) is 32.2. The molecular weight excluding hydrogens is 841 g/mol. The lowest BCUT2D eigenvalue weighted by atomic mass is 9.94. The van der Waals surface area contributed by atoms with Gasteiger partial charge in [0.1, 0.15) is 0 Å². The summed E-state index contributed by atoms with van der Waals surface area (Å²) in [6, 6.07) is 79.5. The van der Waals surface area contributed by atoms with Gasteiger partial charge >= 0.3 is 0 Å². The average Bonchev–Trinajstić information content (AvgIpc) is 3.29. The molecule has 0 aliphatic carbocycles. The molecule has 0 heterocycles. The topological polar surface area (TPSA) is 0 Å². The molecule has 0 radical (unpaired) electrons. The van der Waals surface area contributed by atoms with Crippen LogP contribution in [0, 0.1) is 0 Å². The van der Waals surface area contributed by atoms with E-state index in [1.165, 1.54) is 91.1 Å². The molecule has 0 nitrogen and oxygen atoms in total. The van der Waals surface area contributed by atoms with Gasteiger partial charge in [-0.15, -0.1) is 0 Å². The molecule has 0 fully saturated rings. The van der Waals surface area contributed by atoms with Gasteiger partial charge in [0, 0.05) is 58.7 Å². The fourth-order valence-corrected chi connectivity index (χ4v) is 13.2. The van der Waals surface area contributed by atoms with Crippen molar-refractivity contribution in [2.75, 3.05) is 0 Å². The van der Waals surface area contributed by atoms with E-state index >= 15 is 0 Å². The molecule has 0 spiro atoms. The highest BCUT2D eigenvalue weighted by atomic mass is 32.2. The number of hydrogen-bond donors (Lipinski definition) is 0. The molecule has 0 aliphatic heterocycles. The highest BCUT2D eigenvalue weighted by molar-refractivity contribution is 8.03. The van der Waals surface area contributed by atoms with E-state index in [2.05, 4.69) is 218 Å². The van der Waals surface area contributed by atoms with Gasteiger partial charge in [-0.1, -0.05) is 180 Å². The fraction of sp³-hybridized carbons (Fsp3) is 0. The lowest BCUT2D eigenvalue weighted by Gasteiger charge is -2.20. The monoisotopic (exact) mass is 876 g/mol. The van der Waals surface area contributed by atoms with E-state index < -0.39 is 0 Å². The van der Waals surface area contributed by atoms with Crippen molar-refractivity contribution in [2.45, 2.75) is 58.7 Å². The number of rotatable bonds is 12. The Bertz CT molecular complexity index is 2480. The second-order valence-electron chi connectivity index (χ2n) is 14.0. The lowest BCUT2D eigenvalue weighted by Crippen LogP contribution is -1.91. The Morgan fingerprint density at radius 1 is 0.167 bits per heavy atom. The van der Waals surface area contributed by atoms with Gasteiger partial charge in [0.05, 0.1) is 0 Å². The van der Waals surface area contributed by atoms with Crippen molar-refractivity contribution in [3.05, 3.63) is 218 Å². The molecular formula is C54H36S6. The second kappa shape index (κ2) is 18.4. The van der Waals surface area contributed by atoms with Gasteiger partial charge in [0.2, 0.25) is 0 Å². The Morgan fingerprint density at radius 3 is 0.433 bits per heavy atom. The van der Waals surface area contributed by atoms with Crippen LogP contribution in [0.2, 0.25) is 0 Å². The fourth-order valence-electron chi connectivity index (χ4n) is 7.19. The molecule has 0 atom stereocenters. The molecule has 0 saturated heterocycles. The summed E-state index contributed by atoms with van der Waals surface area (Å²) in [6.07, 6.45) is 0. The predicted octanol–water partition coefficient (Wildman–Crippen LogP) is 18.1. The summed E-state index contributed by atoms with van der Waals surface area (Å²) in [5.74, 6) is 0. The first-order valence-electron chi connectivity index (χ1n) is 19.6. The number of hydrogen-bond acceptors (Lipinski definition) is 6. The normalized spacial score (nSPS) is 11.4. The van der Waals surface area contributed by atoms with Crippen molar-refractivity contribution in [2.24, 2.45) is 0 Å². The third-order valence-corrected chi connectivity index (χ3v) is 16.7. The van der Waals surface area contributed by atoms with E-state index in [1.807, 2.05) is 70.6 Å². The molecule has 288 valence electrons. The quantitative estimate of drug-likeness (QED) is 0.111. The Balaban J connectivity index is 1.28. The molecule has 0 bridgehead atoms. The Morgan fingerprint density at radius 2 is 0.300 bits per heavy atom. The number of benzene rings is 10. The van der Waals surface area contributed by atoms with Gasteiger partial charge in [0.25, 0.3) is 0 Å². The first-order valence-corrected chi connectivity index (χ1v) is 24.5. The van der Waals surface area contributed by atoms with Gasteiger partial charge < -0.3 is 0 Å². The van der Waals surface area contributed by atoms with E-state index in [4.69, 9.17) is 0 Å². The van der Waals surface area contributed by atoms with Gasteiger partial charge in [-0.2, -0.15) is 0 Å². The van der Waals surface area contributed by atoms with Crippen molar-refractivity contribution in [1.29, 1.82) is 0 Å². The van der Waals surface area contributed by atoms with E-state index in [0.29, 0.717) is 0 Å². The van der Waals surface area contributed by atoms with Crippen molar-refractivity contribution in [1.82, 2.24) is 0 Å². The van der Waals surface area contributed by atoms with Crippen LogP contribution in [0.1, 0.15) is 0 Å². The van der Waals surface area contributed by atoms with Crippen LogP contribution in [0.4, 0.5) is 0 Å². The summed E-state index contributed by atoms with van der Waals surface area (Å²) in [6.45, 7) is 0. The molecule has 0 unspecified atom stereocenters. The molecule has 10 rings (SSSR count). The van der Waals surface area contributed by atoms with Crippen LogP contribution in [-0.2, 0) is 0 Å². The summed E-state index contributed by atoms with van der Waals surface area (Å²) < 4.78 is 0. The van der Waals surface area contributed by atoms with Gasteiger partial charge in [-0.3, -0.25) is 0 Å². The zero-order chi connectivity index (χ0) is 40.1. The van der Waals surface area contributed by atoms with Crippen LogP contribution >= 0.6 is 70.6 Å². The smallest absolute Gasteiger partial charge is 0.0268 e. The molecule has 10 aromatic rings. The van der Waals surface area contributed by atoms with E-state index in [9.17, 15) is 0 Å². The lowest BCUT2D eigenvalue weighted by molar-refractivity contribution is 1.24. The van der Waals surface area contributed by atoms with Crippen LogP contribution in [0.5, 0.6) is 0 Å². The summed E-state index contributed by atoms with van der Waals surface area (Å²) in [5, 5.41) is 7.58. The molecule has 0 aromatic heterocycles. The Hall–Kier alpha value is -4.92. The van der Waals surface area contributed by atoms with Gasteiger partial charge in [-0.05, 0) is 142 Å². The minimum Gasteiger partial charge on any atom is -0.0889 e. The maximum atomic E-state index is 2.47. The SMILES string of the molecule is c1ccc(Sc2cc3c4cc(Sc5ccccc5)c(Sc5ccccc5)cc4c4cc(Sc5ccccc5)c(Sc5ccccc5)cc4c3cc2Sc2ccccc2)cc1. The summed E-state index contributed by atoms with van der Waals surface area (Å²) in [4.78, 5) is 14.8. The van der Waals surface area contributed by atoms with Gasteiger partial charge in [0.15, 0.2) is 0 Å². The first kappa shape index (κ1) is 39.2. The molecule has 60 heavy (non-hydrogen) atoms. The molecule has 0 saturated carbocycles. The van der Waals surface area contributed by atoms with Gasteiger partial charge in [-0.25, -0.2) is 0 Å². The van der Waals surface area contributed by atoms with Crippen molar-refractivity contribution in [3.63, 3.8) is 0 Å². The number of fused-ring (bicyclic) bond motifs is 6. The van der Waals surface area contributed by atoms with E-state index in [0.717, 1.165) is 0 Å². The van der Waals surface area contributed by atoms with Crippen LogP contribution in [0.25, 0.3) is 32.3 Å². The largest absolute Gasteiger partial charge is 0.0889 e. The zero-order valence-corrected chi connectivity index (χ0v) is 37.1. The summed E-state index contributed by atoms with van der Waals surface area (Å²) in [7, 11) is 0. The van der Waals surface area contributed by atoms with Crippen LogP contribution in [-0.4, -0.2) is 0 Å². The minimum atomic E-state index is 1.22. The highest BCUT2D eigenvalue weighted by Gasteiger charge is 2.20. The maximum absolute atomic E-state index is 2.47. The molecule has 0 N–H and O–H groups in total. The molecule has 0 aliphatic rings. The maximum Gasteiger partial charge on any atom is 0.0268 e. The summed E-state index contributed by atoms with van der Waals surface area (Å²) in [5.41, 5.74) is 0. The minimum absolute atomic E-state index is 1.22. The average molecular weight is 877 g/mol. The Kier molecular flexibility index (Phi) is 12.0. The van der Waals surface area contributed by atoms with Crippen molar-refractivity contribution >= 4 is 103 Å². The molecule has 6 heteroatoms. The first-order chi connectivity index (χ1) is 29.7. The third-order valence-electron chi connectivity index (χ3n) is 9.95. The van der Waals surface area contributed by atoms with Crippen LogP contribution in [0.3, 0.4) is 0 Å². The Labute approximate surface area is 377 Å². The second-order valence-corrected chi connectivity index (χ2v) is 20.7. The molecule has 10 aromatic carbocycles.